The normalized spacial score (nSPS) is 10.5. The van der Waals surface area contributed by atoms with E-state index in [4.69, 9.17) is 5.73 Å². The Balaban J connectivity index is 2.04. The smallest absolute Gasteiger partial charge is 0.248 e. The third-order valence-electron chi connectivity index (χ3n) is 3.24. The quantitative estimate of drug-likeness (QED) is 0.722. The predicted octanol–water partition coefficient (Wildman–Crippen LogP) is 2.86. The monoisotopic (exact) mass is 279 g/mol. The molecule has 5 nitrogen and oxygen atoms in total. The molecule has 3 N–H and O–H groups in total. The van der Waals surface area contributed by atoms with Crippen LogP contribution in [-0.2, 0) is 0 Å². The number of fused-ring (bicyclic) bond motifs is 1. The fourth-order valence-electron chi connectivity index (χ4n) is 2.17. The van der Waals surface area contributed by atoms with Crippen molar-refractivity contribution in [3.8, 4) is 0 Å². The zero-order valence-corrected chi connectivity index (χ0v) is 11.1. The summed E-state index contributed by atoms with van der Waals surface area (Å²) < 4.78 is 0. The summed E-state index contributed by atoms with van der Waals surface area (Å²) in [4.78, 5) is 15.4. The van der Waals surface area contributed by atoms with Crippen molar-refractivity contribution in [2.45, 2.75) is 0 Å². The molecular weight excluding hydrogens is 266 g/mol. The number of anilines is 2. The first kappa shape index (κ1) is 13.1. The van der Waals surface area contributed by atoms with Crippen molar-refractivity contribution in [1.82, 2.24) is 4.98 Å². The van der Waals surface area contributed by atoms with E-state index in [1.54, 1.807) is 36.5 Å². The summed E-state index contributed by atoms with van der Waals surface area (Å²) in [6.07, 6.45) is 1.68. The van der Waals surface area contributed by atoms with Gasteiger partial charge in [-0.2, -0.15) is 0 Å². The molecule has 0 radical (unpaired) electrons. The maximum atomic E-state index is 11.1. The Morgan fingerprint density at radius 2 is 1.76 bits per heavy atom. The Morgan fingerprint density at radius 1 is 1.05 bits per heavy atom. The third-order valence-corrected chi connectivity index (χ3v) is 3.24. The minimum absolute atomic E-state index is 0.392. The number of hydrogen-bond donors (Lipinski definition) is 2. The Bertz CT molecular complexity index is 795. The second kappa shape index (κ2) is 5.22. The maximum Gasteiger partial charge on any atom is 0.248 e. The van der Waals surface area contributed by atoms with Gasteiger partial charge in [0.2, 0.25) is 5.91 Å². The Kier molecular flexibility index (Phi) is 3.25. The molecule has 0 unspecified atom stereocenters. The number of amides is 1. The van der Waals surface area contributed by atoms with E-state index >= 15 is 0 Å². The van der Waals surface area contributed by atoms with Crippen molar-refractivity contribution in [3.63, 3.8) is 0 Å². The molecule has 0 aliphatic rings. The number of nitrogens with zero attached hydrogens (tertiary/aromatic N) is 2. The number of hydrogen-bond acceptors (Lipinski definition) is 4. The zero-order valence-electron chi connectivity index (χ0n) is 11.1. The van der Waals surface area contributed by atoms with Crippen molar-refractivity contribution >= 4 is 28.2 Å². The van der Waals surface area contributed by atoms with Gasteiger partial charge in [-0.05, 0) is 36.4 Å². The molecule has 0 bridgehead atoms. The van der Waals surface area contributed by atoms with E-state index in [1.165, 1.54) is 0 Å². The first-order valence-corrected chi connectivity index (χ1v) is 6.39. The third kappa shape index (κ3) is 2.42. The second-order valence-corrected chi connectivity index (χ2v) is 4.58. The van der Waals surface area contributed by atoms with Crippen LogP contribution in [0.2, 0.25) is 0 Å². The first-order chi connectivity index (χ1) is 10.2. The van der Waals surface area contributed by atoms with Crippen molar-refractivity contribution in [2.75, 3.05) is 5.06 Å². The Morgan fingerprint density at radius 3 is 2.48 bits per heavy atom. The van der Waals surface area contributed by atoms with Gasteiger partial charge in [0.1, 0.15) is 0 Å². The molecule has 1 aromatic heterocycles. The maximum absolute atomic E-state index is 11.1. The SMILES string of the molecule is NC(=O)c1ccc(N(O)c2cccc3cccnc23)cc1. The molecule has 104 valence electrons. The summed E-state index contributed by atoms with van der Waals surface area (Å²) in [5.41, 5.74) is 7.38. The fourth-order valence-corrected chi connectivity index (χ4v) is 2.17. The summed E-state index contributed by atoms with van der Waals surface area (Å²) in [7, 11) is 0. The number of benzene rings is 2. The van der Waals surface area contributed by atoms with Crippen LogP contribution >= 0.6 is 0 Å². The van der Waals surface area contributed by atoms with Gasteiger partial charge in [-0.1, -0.05) is 18.2 Å². The van der Waals surface area contributed by atoms with Gasteiger partial charge in [-0.3, -0.25) is 15.0 Å². The molecule has 0 fully saturated rings. The van der Waals surface area contributed by atoms with Gasteiger partial charge >= 0.3 is 0 Å². The highest BCUT2D eigenvalue weighted by molar-refractivity contribution is 5.94. The number of aromatic nitrogens is 1. The van der Waals surface area contributed by atoms with Crippen LogP contribution in [0.4, 0.5) is 11.4 Å². The van der Waals surface area contributed by atoms with Crippen LogP contribution < -0.4 is 10.8 Å². The molecule has 1 amide bonds. The average Bonchev–Trinajstić information content (AvgIpc) is 2.53. The largest absolute Gasteiger partial charge is 0.366 e. The molecule has 1 heterocycles. The van der Waals surface area contributed by atoms with Crippen molar-refractivity contribution in [3.05, 3.63) is 66.4 Å². The topological polar surface area (TPSA) is 79.5 Å². The average molecular weight is 279 g/mol. The number of carbonyl (C=O) groups is 1. The molecule has 3 aromatic rings. The molecule has 0 aliphatic carbocycles. The minimum atomic E-state index is -0.502. The summed E-state index contributed by atoms with van der Waals surface area (Å²) >= 11 is 0. The van der Waals surface area contributed by atoms with Crippen LogP contribution in [-0.4, -0.2) is 16.1 Å². The van der Waals surface area contributed by atoms with Gasteiger partial charge in [0.25, 0.3) is 0 Å². The molecular formula is C16H13N3O2. The lowest BCUT2D eigenvalue weighted by molar-refractivity contribution is 0.100. The van der Waals surface area contributed by atoms with E-state index in [0.29, 0.717) is 22.5 Å². The highest BCUT2D eigenvalue weighted by Gasteiger charge is 2.11. The van der Waals surface area contributed by atoms with Gasteiger partial charge in [0, 0.05) is 17.1 Å². The molecule has 0 atom stereocenters. The molecule has 3 rings (SSSR count). The molecule has 2 aromatic carbocycles. The lowest BCUT2D eigenvalue weighted by Gasteiger charge is -2.18. The number of carbonyl (C=O) groups excluding carboxylic acids is 1. The van der Waals surface area contributed by atoms with Crippen molar-refractivity contribution in [2.24, 2.45) is 5.73 Å². The number of rotatable bonds is 3. The molecule has 5 heteroatoms. The first-order valence-electron chi connectivity index (χ1n) is 6.39. The van der Waals surface area contributed by atoms with Crippen molar-refractivity contribution in [1.29, 1.82) is 0 Å². The van der Waals surface area contributed by atoms with Gasteiger partial charge in [0.15, 0.2) is 0 Å². The van der Waals surface area contributed by atoms with E-state index < -0.39 is 5.91 Å². The molecule has 0 saturated carbocycles. The molecule has 0 aliphatic heterocycles. The summed E-state index contributed by atoms with van der Waals surface area (Å²) in [6, 6.07) is 15.7. The molecule has 0 spiro atoms. The minimum Gasteiger partial charge on any atom is -0.366 e. The zero-order chi connectivity index (χ0) is 14.8. The lowest BCUT2D eigenvalue weighted by Crippen LogP contribution is -2.13. The van der Waals surface area contributed by atoms with Crippen LogP contribution in [0.1, 0.15) is 10.4 Å². The van der Waals surface area contributed by atoms with Crippen LogP contribution in [0.25, 0.3) is 10.9 Å². The number of primary amides is 1. The standard InChI is InChI=1S/C16H13N3O2/c17-16(20)12-6-8-13(9-7-12)19(21)14-5-1-3-11-4-2-10-18-15(11)14/h1-10,21H,(H2,17,20). The number of para-hydroxylation sites is 1. The predicted molar refractivity (Wildman–Crippen MR) is 80.6 cm³/mol. The highest BCUT2D eigenvalue weighted by Crippen LogP contribution is 2.29. The van der Waals surface area contributed by atoms with Gasteiger partial charge in [-0.15, -0.1) is 0 Å². The number of nitrogens with two attached hydrogens (primary N) is 1. The Hall–Kier alpha value is -2.92. The van der Waals surface area contributed by atoms with E-state index in [2.05, 4.69) is 4.98 Å². The Labute approximate surface area is 121 Å². The van der Waals surface area contributed by atoms with Crippen molar-refractivity contribution < 1.29 is 10.0 Å². The van der Waals surface area contributed by atoms with Crippen LogP contribution in [0, 0.1) is 0 Å². The van der Waals surface area contributed by atoms with Gasteiger partial charge in [0.05, 0.1) is 16.9 Å². The van der Waals surface area contributed by atoms with E-state index in [-0.39, 0.29) is 0 Å². The van der Waals surface area contributed by atoms with Gasteiger partial charge in [-0.25, -0.2) is 5.06 Å². The van der Waals surface area contributed by atoms with E-state index in [1.807, 2.05) is 24.3 Å². The second-order valence-electron chi connectivity index (χ2n) is 4.58. The van der Waals surface area contributed by atoms with Crippen LogP contribution in [0.3, 0.4) is 0 Å². The van der Waals surface area contributed by atoms with E-state index in [0.717, 1.165) is 10.4 Å². The molecule has 0 saturated heterocycles. The van der Waals surface area contributed by atoms with Crippen LogP contribution in [0.15, 0.2) is 60.8 Å². The fraction of sp³-hybridized carbons (Fsp3) is 0. The lowest BCUT2D eigenvalue weighted by atomic mass is 10.1. The summed E-state index contributed by atoms with van der Waals surface area (Å²) in [6.45, 7) is 0. The van der Waals surface area contributed by atoms with Gasteiger partial charge < -0.3 is 5.73 Å². The summed E-state index contributed by atoms with van der Waals surface area (Å²) in [5, 5.41) is 12.4. The molecule has 21 heavy (non-hydrogen) atoms. The summed E-state index contributed by atoms with van der Waals surface area (Å²) in [5.74, 6) is -0.502. The van der Waals surface area contributed by atoms with E-state index in [9.17, 15) is 10.0 Å². The highest BCUT2D eigenvalue weighted by atomic mass is 16.5. The van der Waals surface area contributed by atoms with Crippen LogP contribution in [0.5, 0.6) is 0 Å². The number of pyridine rings is 1.